The second-order valence-electron chi connectivity index (χ2n) is 4.28. The second kappa shape index (κ2) is 5.19. The molecule has 1 aliphatic heterocycles. The number of aromatic nitrogens is 1. The van der Waals surface area contributed by atoms with E-state index >= 15 is 0 Å². The number of nitrogens with zero attached hydrogens (tertiary/aromatic N) is 3. The quantitative estimate of drug-likeness (QED) is 0.740. The van der Waals surface area contributed by atoms with Gasteiger partial charge in [-0.15, -0.1) is 4.83 Å². The van der Waals surface area contributed by atoms with Crippen molar-refractivity contribution >= 4 is 15.7 Å². The third-order valence-electron chi connectivity index (χ3n) is 2.81. The average Bonchev–Trinajstić information content (AvgIpc) is 2.32. The van der Waals surface area contributed by atoms with Gasteiger partial charge in [-0.2, -0.15) is 0 Å². The maximum absolute atomic E-state index is 12.1. The molecule has 1 saturated heterocycles. The van der Waals surface area contributed by atoms with Crippen molar-refractivity contribution in [1.29, 1.82) is 0 Å². The van der Waals surface area contributed by atoms with Crippen molar-refractivity contribution in [2.24, 2.45) is 0 Å². The van der Waals surface area contributed by atoms with Gasteiger partial charge in [0, 0.05) is 32.4 Å². The number of nitrogens with two attached hydrogens (primary N) is 1. The largest absolute Gasteiger partial charge is 0.396 e. The van der Waals surface area contributed by atoms with E-state index in [1.807, 2.05) is 7.05 Å². The van der Waals surface area contributed by atoms with Gasteiger partial charge in [0.1, 0.15) is 0 Å². The Bertz CT molecular complexity index is 511. The molecule has 0 aromatic carbocycles. The van der Waals surface area contributed by atoms with Crippen LogP contribution in [0.2, 0.25) is 0 Å². The minimum absolute atomic E-state index is 0.121. The third kappa shape index (κ3) is 2.96. The van der Waals surface area contributed by atoms with E-state index in [-0.39, 0.29) is 10.7 Å². The average molecular weight is 271 g/mol. The van der Waals surface area contributed by atoms with Crippen molar-refractivity contribution in [3.05, 3.63) is 18.3 Å². The first-order valence-electron chi connectivity index (χ1n) is 5.65. The Balaban J connectivity index is 2.11. The number of hydrogen-bond donors (Lipinski definition) is 2. The van der Waals surface area contributed by atoms with Gasteiger partial charge >= 0.3 is 0 Å². The van der Waals surface area contributed by atoms with Crippen LogP contribution in [0.4, 0.5) is 5.69 Å². The molecule has 1 aliphatic rings. The maximum atomic E-state index is 12.1. The van der Waals surface area contributed by atoms with E-state index < -0.39 is 10.0 Å². The van der Waals surface area contributed by atoms with Crippen molar-refractivity contribution in [3.8, 4) is 0 Å². The second-order valence-corrected chi connectivity index (χ2v) is 5.86. The number of anilines is 1. The first-order chi connectivity index (χ1) is 8.49. The van der Waals surface area contributed by atoms with E-state index in [2.05, 4.69) is 14.7 Å². The molecule has 18 heavy (non-hydrogen) atoms. The Morgan fingerprint density at radius 2 is 2.00 bits per heavy atom. The molecule has 0 aliphatic carbocycles. The van der Waals surface area contributed by atoms with Crippen LogP contribution >= 0.6 is 0 Å². The Morgan fingerprint density at radius 3 is 2.61 bits per heavy atom. The van der Waals surface area contributed by atoms with Crippen LogP contribution in [-0.4, -0.2) is 56.5 Å². The Labute approximate surface area is 107 Å². The first kappa shape index (κ1) is 13.2. The Hall–Kier alpha value is -1.22. The van der Waals surface area contributed by atoms with Crippen LogP contribution < -0.4 is 10.6 Å². The van der Waals surface area contributed by atoms with Crippen molar-refractivity contribution in [2.75, 3.05) is 39.0 Å². The Kier molecular flexibility index (Phi) is 3.81. The molecule has 0 saturated carbocycles. The Morgan fingerprint density at radius 1 is 1.33 bits per heavy atom. The topological polar surface area (TPSA) is 91.6 Å². The fourth-order valence-corrected chi connectivity index (χ4v) is 2.93. The van der Waals surface area contributed by atoms with Crippen molar-refractivity contribution in [3.63, 3.8) is 0 Å². The summed E-state index contributed by atoms with van der Waals surface area (Å²) in [5.41, 5.74) is 5.78. The zero-order valence-corrected chi connectivity index (χ0v) is 11.0. The summed E-state index contributed by atoms with van der Waals surface area (Å²) < 4.78 is 24.2. The number of sulfonamides is 1. The summed E-state index contributed by atoms with van der Waals surface area (Å²) in [5.74, 6) is 0. The lowest BCUT2D eigenvalue weighted by Gasteiger charge is -2.32. The normalized spacial score (nSPS) is 18.9. The monoisotopic (exact) mass is 271 g/mol. The molecule has 8 heteroatoms. The van der Waals surface area contributed by atoms with E-state index in [0.29, 0.717) is 13.1 Å². The van der Waals surface area contributed by atoms with Crippen LogP contribution in [-0.2, 0) is 10.0 Å². The molecule has 1 aromatic heterocycles. The predicted octanol–water partition coefficient (Wildman–Crippen LogP) is -0.895. The van der Waals surface area contributed by atoms with Gasteiger partial charge in [0.2, 0.25) is 0 Å². The summed E-state index contributed by atoms with van der Waals surface area (Å²) in [6.07, 6.45) is 1.41. The smallest absolute Gasteiger partial charge is 0.273 e. The SMILES string of the molecule is CN1CCN(NS(=O)(=O)c2ncccc2N)CC1. The number of likely N-dealkylation sites (N-methyl/N-ethyl adjacent to an activating group) is 1. The molecule has 1 fully saturated rings. The number of nitrogens with one attached hydrogen (secondary N) is 1. The minimum Gasteiger partial charge on any atom is -0.396 e. The number of pyridine rings is 1. The predicted molar refractivity (Wildman–Crippen MR) is 68.0 cm³/mol. The molecule has 2 heterocycles. The van der Waals surface area contributed by atoms with Crippen LogP contribution in [0.3, 0.4) is 0 Å². The molecule has 1 aromatic rings. The molecule has 100 valence electrons. The molecule has 0 radical (unpaired) electrons. The van der Waals surface area contributed by atoms with E-state index in [1.165, 1.54) is 12.3 Å². The van der Waals surface area contributed by atoms with Gasteiger partial charge in [0.15, 0.2) is 5.03 Å². The number of hydrogen-bond acceptors (Lipinski definition) is 6. The van der Waals surface area contributed by atoms with Gasteiger partial charge in [0.05, 0.1) is 5.69 Å². The van der Waals surface area contributed by atoms with Gasteiger partial charge in [-0.25, -0.2) is 18.4 Å². The molecule has 0 spiro atoms. The summed E-state index contributed by atoms with van der Waals surface area (Å²) in [4.78, 5) is 8.47. The van der Waals surface area contributed by atoms with Gasteiger partial charge in [-0.05, 0) is 19.2 Å². The summed E-state index contributed by atoms with van der Waals surface area (Å²) in [6.45, 7) is 2.92. The van der Waals surface area contributed by atoms with E-state index in [1.54, 1.807) is 11.1 Å². The molecule has 3 N–H and O–H groups in total. The maximum Gasteiger partial charge on any atom is 0.273 e. The summed E-state index contributed by atoms with van der Waals surface area (Å²) in [7, 11) is -1.68. The lowest BCUT2D eigenvalue weighted by molar-refractivity contribution is 0.134. The standard InChI is InChI=1S/C10H17N5O2S/c1-14-5-7-15(8-6-14)13-18(16,17)10-9(11)3-2-4-12-10/h2-4,13H,5-8,11H2,1H3. The first-order valence-corrected chi connectivity index (χ1v) is 7.14. The zero-order valence-electron chi connectivity index (χ0n) is 10.2. The van der Waals surface area contributed by atoms with E-state index in [0.717, 1.165) is 13.1 Å². The van der Waals surface area contributed by atoms with Gasteiger partial charge < -0.3 is 10.6 Å². The highest BCUT2D eigenvalue weighted by Crippen LogP contribution is 2.14. The van der Waals surface area contributed by atoms with Crippen molar-refractivity contribution < 1.29 is 8.42 Å². The molecule has 0 amide bonds. The fourth-order valence-electron chi connectivity index (χ4n) is 1.74. The zero-order chi connectivity index (χ0) is 13.2. The van der Waals surface area contributed by atoms with Gasteiger partial charge in [0.25, 0.3) is 10.0 Å². The van der Waals surface area contributed by atoms with Crippen molar-refractivity contribution in [2.45, 2.75) is 5.03 Å². The van der Waals surface area contributed by atoms with Crippen LogP contribution in [0.25, 0.3) is 0 Å². The molecule has 0 unspecified atom stereocenters. The highest BCUT2D eigenvalue weighted by Gasteiger charge is 2.23. The summed E-state index contributed by atoms with van der Waals surface area (Å²) in [5, 5.41) is 1.55. The van der Waals surface area contributed by atoms with Crippen LogP contribution in [0, 0.1) is 0 Å². The van der Waals surface area contributed by atoms with Crippen LogP contribution in [0.1, 0.15) is 0 Å². The minimum atomic E-state index is -3.69. The van der Waals surface area contributed by atoms with Crippen molar-refractivity contribution in [1.82, 2.24) is 19.7 Å². The summed E-state index contributed by atoms with van der Waals surface area (Å²) in [6, 6.07) is 3.12. The number of piperazine rings is 1. The van der Waals surface area contributed by atoms with E-state index in [4.69, 9.17) is 5.73 Å². The summed E-state index contributed by atoms with van der Waals surface area (Å²) >= 11 is 0. The highest BCUT2D eigenvalue weighted by molar-refractivity contribution is 7.89. The number of nitrogen functional groups attached to an aromatic ring is 1. The highest BCUT2D eigenvalue weighted by atomic mass is 32.2. The van der Waals surface area contributed by atoms with Gasteiger partial charge in [-0.1, -0.05) is 0 Å². The molecule has 0 bridgehead atoms. The number of rotatable bonds is 3. The fraction of sp³-hybridized carbons (Fsp3) is 0.500. The lowest BCUT2D eigenvalue weighted by Crippen LogP contribution is -2.52. The molecule has 7 nitrogen and oxygen atoms in total. The molecule has 0 atom stereocenters. The van der Waals surface area contributed by atoms with Crippen LogP contribution in [0.15, 0.2) is 23.4 Å². The third-order valence-corrected chi connectivity index (χ3v) is 4.16. The molecule has 2 rings (SSSR count). The van der Waals surface area contributed by atoms with Crippen LogP contribution in [0.5, 0.6) is 0 Å². The van der Waals surface area contributed by atoms with Gasteiger partial charge in [-0.3, -0.25) is 0 Å². The van der Waals surface area contributed by atoms with E-state index in [9.17, 15) is 8.42 Å². The molecular weight excluding hydrogens is 254 g/mol. The lowest BCUT2D eigenvalue weighted by atomic mass is 10.4. The molecular formula is C10H17N5O2S. The number of hydrazine groups is 1.